The van der Waals surface area contributed by atoms with E-state index in [9.17, 15) is 9.59 Å². The van der Waals surface area contributed by atoms with Gasteiger partial charge in [0.05, 0.1) is 4.91 Å². The van der Waals surface area contributed by atoms with Crippen molar-refractivity contribution in [2.75, 3.05) is 0 Å². The Hall–Kier alpha value is -2.81. The summed E-state index contributed by atoms with van der Waals surface area (Å²) in [7, 11) is 0. The van der Waals surface area contributed by atoms with E-state index in [0.29, 0.717) is 16.2 Å². The van der Waals surface area contributed by atoms with Crippen molar-refractivity contribution >= 4 is 58.0 Å². The number of hydrogen-bond acceptors (Lipinski definition) is 6. The number of amides is 2. The Morgan fingerprint density at radius 3 is 2.45 bits per heavy atom. The van der Waals surface area contributed by atoms with Crippen LogP contribution < -0.4 is 5.43 Å². The summed E-state index contributed by atoms with van der Waals surface area (Å²) in [5, 5.41) is 1.80. The fourth-order valence-corrected chi connectivity index (χ4v) is 4.48. The van der Waals surface area contributed by atoms with Crippen LogP contribution in [0.5, 0.6) is 0 Å². The highest BCUT2D eigenvalue weighted by atomic mass is 32.2. The summed E-state index contributed by atoms with van der Waals surface area (Å²) >= 11 is 7.86. The van der Waals surface area contributed by atoms with Gasteiger partial charge in [0.25, 0.3) is 11.8 Å². The monoisotopic (exact) mass is 438 g/mol. The summed E-state index contributed by atoms with van der Waals surface area (Å²) in [5.41, 5.74) is 3.00. The third-order valence-corrected chi connectivity index (χ3v) is 6.11. The van der Waals surface area contributed by atoms with Gasteiger partial charge in [0.1, 0.15) is 5.76 Å². The largest absolute Gasteiger partial charge is 0.450 e. The molecule has 0 radical (unpaired) electrons. The van der Waals surface area contributed by atoms with Crippen LogP contribution in [0.25, 0.3) is 6.08 Å². The van der Waals surface area contributed by atoms with Gasteiger partial charge < -0.3 is 4.42 Å². The highest BCUT2D eigenvalue weighted by molar-refractivity contribution is 8.26. The second-order valence-electron chi connectivity index (χ2n) is 5.90. The van der Waals surface area contributed by atoms with Crippen LogP contribution in [0.3, 0.4) is 0 Å². The molecule has 2 heterocycles. The molecular formula is C21H14N2O3S3. The van der Waals surface area contributed by atoms with Gasteiger partial charge in [0.15, 0.2) is 9.41 Å². The number of hydrogen-bond donors (Lipinski definition) is 1. The van der Waals surface area contributed by atoms with Crippen LogP contribution in [-0.2, 0) is 4.79 Å². The molecular weight excluding hydrogens is 424 g/mol. The Morgan fingerprint density at radius 1 is 1.03 bits per heavy atom. The molecule has 1 fully saturated rings. The van der Waals surface area contributed by atoms with Crippen molar-refractivity contribution in [3.8, 4) is 0 Å². The van der Waals surface area contributed by atoms with Gasteiger partial charge in [0.2, 0.25) is 0 Å². The minimum Gasteiger partial charge on any atom is -0.450 e. The maximum Gasteiger partial charge on any atom is 0.285 e. The van der Waals surface area contributed by atoms with Crippen LogP contribution >= 0.6 is 35.7 Å². The average molecular weight is 439 g/mol. The minimum atomic E-state index is -0.400. The van der Waals surface area contributed by atoms with Crippen LogP contribution in [0.1, 0.15) is 16.1 Å². The summed E-state index contributed by atoms with van der Waals surface area (Å²) in [6.07, 6.45) is 1.63. The summed E-state index contributed by atoms with van der Waals surface area (Å²) in [6, 6.07) is 22.1. The number of thioether (sulfide) groups is 1. The zero-order valence-electron chi connectivity index (χ0n) is 14.9. The van der Waals surface area contributed by atoms with E-state index >= 15 is 0 Å². The van der Waals surface area contributed by atoms with Crippen LogP contribution in [0.15, 0.2) is 92.1 Å². The number of nitrogens with zero attached hydrogens (tertiary/aromatic N) is 1. The number of rotatable bonds is 5. The quantitative estimate of drug-likeness (QED) is 0.448. The van der Waals surface area contributed by atoms with Gasteiger partial charge >= 0.3 is 0 Å². The van der Waals surface area contributed by atoms with Crippen molar-refractivity contribution < 1.29 is 14.0 Å². The van der Waals surface area contributed by atoms with E-state index < -0.39 is 11.8 Å². The standard InChI is InChI=1S/C21H14N2O3S3/c24-19(14-7-3-1-4-8-14)22-23-20(25)17(29-21(23)27)13-15-11-12-18(26-15)28-16-9-5-2-6-10-16/h1-13H,(H,22,24)/b17-13-. The topological polar surface area (TPSA) is 62.6 Å². The molecule has 1 aliphatic rings. The molecule has 0 bridgehead atoms. The van der Waals surface area contributed by atoms with E-state index in [1.807, 2.05) is 42.5 Å². The van der Waals surface area contributed by atoms with Gasteiger partial charge in [-0.1, -0.05) is 59.9 Å². The number of nitrogens with one attached hydrogen (secondary N) is 1. The molecule has 1 N–H and O–H groups in total. The van der Waals surface area contributed by atoms with Crippen molar-refractivity contribution in [3.05, 3.63) is 89.0 Å². The van der Waals surface area contributed by atoms with Crippen molar-refractivity contribution in [2.45, 2.75) is 9.99 Å². The lowest BCUT2D eigenvalue weighted by atomic mass is 10.2. The van der Waals surface area contributed by atoms with E-state index in [1.165, 1.54) is 11.8 Å². The van der Waals surface area contributed by atoms with Crippen LogP contribution in [0, 0.1) is 0 Å². The lowest BCUT2D eigenvalue weighted by Gasteiger charge is -2.15. The van der Waals surface area contributed by atoms with E-state index in [1.54, 1.807) is 36.4 Å². The predicted octanol–water partition coefficient (Wildman–Crippen LogP) is 4.98. The molecule has 0 saturated carbocycles. The molecule has 4 rings (SSSR count). The number of furan rings is 1. The van der Waals surface area contributed by atoms with Crippen molar-refractivity contribution in [3.63, 3.8) is 0 Å². The molecule has 29 heavy (non-hydrogen) atoms. The zero-order valence-corrected chi connectivity index (χ0v) is 17.4. The SMILES string of the molecule is O=C(NN1C(=O)/C(=C/c2ccc(Sc3ccccc3)o2)SC1=S)c1ccccc1. The summed E-state index contributed by atoms with van der Waals surface area (Å²) in [6.45, 7) is 0. The van der Waals surface area contributed by atoms with Gasteiger partial charge in [-0.05, 0) is 48.6 Å². The highest BCUT2D eigenvalue weighted by Crippen LogP contribution is 2.34. The molecule has 3 aromatic rings. The van der Waals surface area contributed by atoms with E-state index in [2.05, 4.69) is 5.43 Å². The first kappa shape index (κ1) is 19.5. The van der Waals surface area contributed by atoms with Crippen LogP contribution in [0.2, 0.25) is 0 Å². The molecule has 0 unspecified atom stereocenters. The normalized spacial score (nSPS) is 15.2. The molecule has 1 aliphatic heterocycles. The fourth-order valence-electron chi connectivity index (χ4n) is 2.52. The molecule has 2 aromatic carbocycles. The second-order valence-corrected chi connectivity index (χ2v) is 8.65. The Balaban J connectivity index is 1.46. The first-order valence-electron chi connectivity index (χ1n) is 8.57. The first-order chi connectivity index (χ1) is 14.1. The van der Waals surface area contributed by atoms with E-state index in [-0.39, 0.29) is 4.32 Å². The third kappa shape index (κ3) is 4.61. The Bertz CT molecular complexity index is 1090. The third-order valence-electron chi connectivity index (χ3n) is 3.88. The fraction of sp³-hybridized carbons (Fsp3) is 0. The summed E-state index contributed by atoms with van der Waals surface area (Å²) < 4.78 is 6.05. The maximum absolute atomic E-state index is 12.7. The predicted molar refractivity (Wildman–Crippen MR) is 118 cm³/mol. The molecule has 1 aromatic heterocycles. The van der Waals surface area contributed by atoms with Gasteiger partial charge in [-0.2, -0.15) is 5.01 Å². The van der Waals surface area contributed by atoms with Gasteiger partial charge in [-0.15, -0.1) is 0 Å². The second kappa shape index (κ2) is 8.69. The number of hydrazine groups is 1. The average Bonchev–Trinajstić information content (AvgIpc) is 3.28. The molecule has 0 atom stereocenters. The van der Waals surface area contributed by atoms with Crippen LogP contribution in [-0.4, -0.2) is 21.1 Å². The maximum atomic E-state index is 12.7. The Labute approximate surface area is 181 Å². The van der Waals surface area contributed by atoms with Gasteiger partial charge in [0, 0.05) is 16.5 Å². The molecule has 8 heteroatoms. The summed E-state index contributed by atoms with van der Waals surface area (Å²) in [5.74, 6) is -0.251. The molecule has 0 spiro atoms. The lowest BCUT2D eigenvalue weighted by Crippen LogP contribution is -2.44. The van der Waals surface area contributed by atoms with Crippen molar-refractivity contribution in [2.24, 2.45) is 0 Å². The van der Waals surface area contributed by atoms with E-state index in [0.717, 1.165) is 26.8 Å². The van der Waals surface area contributed by atoms with Gasteiger partial charge in [-0.25, -0.2) is 0 Å². The number of carbonyl (C=O) groups is 2. The van der Waals surface area contributed by atoms with Gasteiger partial charge in [-0.3, -0.25) is 15.0 Å². The number of benzene rings is 2. The smallest absolute Gasteiger partial charge is 0.285 e. The zero-order chi connectivity index (χ0) is 20.2. The molecule has 5 nitrogen and oxygen atoms in total. The lowest BCUT2D eigenvalue weighted by molar-refractivity contribution is -0.123. The summed E-state index contributed by atoms with van der Waals surface area (Å²) in [4.78, 5) is 26.4. The Kier molecular flexibility index (Phi) is 5.84. The highest BCUT2D eigenvalue weighted by Gasteiger charge is 2.34. The molecule has 144 valence electrons. The van der Waals surface area contributed by atoms with Crippen molar-refractivity contribution in [1.29, 1.82) is 0 Å². The number of thiocarbonyl (C=S) groups is 1. The first-order valence-corrected chi connectivity index (χ1v) is 10.6. The molecule has 2 amide bonds. The molecule has 1 saturated heterocycles. The van der Waals surface area contributed by atoms with Crippen molar-refractivity contribution in [1.82, 2.24) is 10.4 Å². The molecule has 0 aliphatic carbocycles. The number of carbonyl (C=O) groups excluding carboxylic acids is 2. The van der Waals surface area contributed by atoms with Crippen LogP contribution in [0.4, 0.5) is 0 Å². The Morgan fingerprint density at radius 2 is 1.72 bits per heavy atom. The minimum absolute atomic E-state index is 0.260. The van der Waals surface area contributed by atoms with E-state index in [4.69, 9.17) is 16.6 Å².